The predicted octanol–water partition coefficient (Wildman–Crippen LogP) is 4.30. The summed E-state index contributed by atoms with van der Waals surface area (Å²) in [6, 6.07) is 6.44. The van der Waals surface area contributed by atoms with Gasteiger partial charge in [0.2, 0.25) is 0 Å². The van der Waals surface area contributed by atoms with Gasteiger partial charge in [-0.05, 0) is 68.5 Å². The molecule has 1 aromatic carbocycles. The second-order valence-electron chi connectivity index (χ2n) is 5.64. The van der Waals surface area contributed by atoms with Crippen LogP contribution in [-0.2, 0) is 12.8 Å². The van der Waals surface area contributed by atoms with Crippen molar-refractivity contribution in [3.8, 4) is 0 Å². The van der Waals surface area contributed by atoms with Crippen molar-refractivity contribution in [1.29, 1.82) is 0 Å². The predicted molar refractivity (Wildman–Crippen MR) is 83.1 cm³/mol. The van der Waals surface area contributed by atoms with E-state index in [2.05, 4.69) is 11.4 Å². The zero-order chi connectivity index (χ0) is 14.3. The number of hydrogen-bond donors (Lipinski definition) is 1. The summed E-state index contributed by atoms with van der Waals surface area (Å²) < 4.78 is 13.8. The molecule has 0 saturated heterocycles. The summed E-state index contributed by atoms with van der Waals surface area (Å²) in [6.45, 7) is 3.68. The molecule has 0 amide bonds. The van der Waals surface area contributed by atoms with Gasteiger partial charge in [-0.15, -0.1) is 11.3 Å². The van der Waals surface area contributed by atoms with Gasteiger partial charge in [-0.1, -0.05) is 12.1 Å². The minimum Gasteiger partial charge on any atom is -0.309 e. The van der Waals surface area contributed by atoms with Gasteiger partial charge in [0.15, 0.2) is 0 Å². The van der Waals surface area contributed by atoms with Crippen molar-refractivity contribution in [3.05, 3.63) is 56.0 Å². The van der Waals surface area contributed by atoms with Crippen LogP contribution in [-0.4, -0.2) is 7.05 Å². The maximum absolute atomic E-state index is 13.8. The highest BCUT2D eigenvalue weighted by atomic mass is 32.1. The van der Waals surface area contributed by atoms with Crippen molar-refractivity contribution in [1.82, 2.24) is 5.32 Å². The first-order chi connectivity index (χ1) is 9.60. The van der Waals surface area contributed by atoms with Crippen LogP contribution in [0.2, 0.25) is 0 Å². The molecule has 0 spiro atoms. The molecule has 1 aliphatic rings. The largest absolute Gasteiger partial charge is 0.309 e. The molecule has 1 atom stereocenters. The average Bonchev–Trinajstić information content (AvgIpc) is 2.98. The van der Waals surface area contributed by atoms with Crippen LogP contribution in [0, 0.1) is 19.7 Å². The normalized spacial score (nSPS) is 15.4. The van der Waals surface area contributed by atoms with Crippen LogP contribution in [0.4, 0.5) is 4.39 Å². The van der Waals surface area contributed by atoms with Crippen molar-refractivity contribution in [2.24, 2.45) is 0 Å². The Kier molecular flexibility index (Phi) is 3.65. The molecule has 0 bridgehead atoms. The fraction of sp³-hybridized carbons (Fsp3) is 0.412. The van der Waals surface area contributed by atoms with Crippen LogP contribution in [0.3, 0.4) is 0 Å². The first kappa shape index (κ1) is 13.8. The highest BCUT2D eigenvalue weighted by molar-refractivity contribution is 7.12. The van der Waals surface area contributed by atoms with E-state index in [1.807, 2.05) is 44.4 Å². The number of rotatable bonds is 3. The molecule has 1 aliphatic carbocycles. The first-order valence-electron chi connectivity index (χ1n) is 7.15. The molecule has 1 N–H and O–H groups in total. The Bertz CT molecular complexity index is 600. The number of hydrogen-bond acceptors (Lipinski definition) is 2. The number of halogens is 1. The quantitative estimate of drug-likeness (QED) is 0.888. The van der Waals surface area contributed by atoms with Crippen LogP contribution in [0.1, 0.15) is 44.5 Å². The van der Waals surface area contributed by atoms with Crippen molar-refractivity contribution in [2.75, 3.05) is 7.05 Å². The van der Waals surface area contributed by atoms with Crippen LogP contribution in [0.25, 0.3) is 0 Å². The van der Waals surface area contributed by atoms with Crippen molar-refractivity contribution in [3.63, 3.8) is 0 Å². The third-order valence-corrected chi connectivity index (χ3v) is 5.43. The Balaban J connectivity index is 2.00. The Morgan fingerprint density at radius 1 is 1.15 bits per heavy atom. The fourth-order valence-electron chi connectivity index (χ4n) is 3.11. The molecule has 2 aromatic rings. The van der Waals surface area contributed by atoms with Gasteiger partial charge in [0, 0.05) is 9.75 Å². The van der Waals surface area contributed by atoms with Gasteiger partial charge < -0.3 is 5.32 Å². The van der Waals surface area contributed by atoms with Crippen molar-refractivity contribution >= 4 is 11.3 Å². The maximum Gasteiger partial charge on any atom is 0.129 e. The van der Waals surface area contributed by atoms with Gasteiger partial charge >= 0.3 is 0 Å². The summed E-state index contributed by atoms with van der Waals surface area (Å²) >= 11 is 1.91. The summed E-state index contributed by atoms with van der Waals surface area (Å²) in [5.41, 5.74) is 4.12. The zero-order valence-corrected chi connectivity index (χ0v) is 13.0. The Labute approximate surface area is 123 Å². The molecular formula is C17H20FNS. The van der Waals surface area contributed by atoms with Gasteiger partial charge in [-0.3, -0.25) is 0 Å². The summed E-state index contributed by atoms with van der Waals surface area (Å²) in [7, 11) is 1.98. The summed E-state index contributed by atoms with van der Waals surface area (Å²) in [5, 5.41) is 3.39. The van der Waals surface area contributed by atoms with Crippen LogP contribution < -0.4 is 5.32 Å². The number of benzene rings is 1. The van der Waals surface area contributed by atoms with Gasteiger partial charge in [0.25, 0.3) is 0 Å². The smallest absolute Gasteiger partial charge is 0.129 e. The van der Waals surface area contributed by atoms with E-state index >= 15 is 0 Å². The molecule has 3 heteroatoms. The zero-order valence-electron chi connectivity index (χ0n) is 12.2. The molecular weight excluding hydrogens is 269 g/mol. The van der Waals surface area contributed by atoms with Crippen LogP contribution >= 0.6 is 11.3 Å². The minimum atomic E-state index is -0.0859. The minimum absolute atomic E-state index is 0.0859. The number of thiophene rings is 1. The van der Waals surface area contributed by atoms with E-state index in [9.17, 15) is 4.39 Å². The van der Waals surface area contributed by atoms with E-state index < -0.39 is 0 Å². The first-order valence-corrected chi connectivity index (χ1v) is 7.97. The lowest BCUT2D eigenvalue weighted by Gasteiger charge is -2.17. The molecule has 1 heterocycles. The molecule has 106 valence electrons. The van der Waals surface area contributed by atoms with E-state index in [-0.39, 0.29) is 11.9 Å². The maximum atomic E-state index is 13.8. The molecule has 0 saturated carbocycles. The molecule has 1 unspecified atom stereocenters. The summed E-state index contributed by atoms with van der Waals surface area (Å²) in [6.07, 6.45) is 3.72. The highest BCUT2D eigenvalue weighted by Gasteiger charge is 2.21. The second kappa shape index (κ2) is 5.30. The number of fused-ring (bicyclic) bond motifs is 1. The Morgan fingerprint density at radius 2 is 1.85 bits per heavy atom. The van der Waals surface area contributed by atoms with E-state index in [4.69, 9.17) is 0 Å². The van der Waals surface area contributed by atoms with Crippen LogP contribution in [0.15, 0.2) is 18.2 Å². The van der Waals surface area contributed by atoms with Gasteiger partial charge in [-0.2, -0.15) is 0 Å². The Hall–Kier alpha value is -1.19. The Morgan fingerprint density at radius 3 is 2.45 bits per heavy atom. The molecule has 0 aliphatic heterocycles. The molecule has 3 rings (SSSR count). The fourth-order valence-corrected chi connectivity index (χ4v) is 4.51. The lowest BCUT2D eigenvalue weighted by Crippen LogP contribution is -2.17. The topological polar surface area (TPSA) is 12.0 Å². The van der Waals surface area contributed by atoms with E-state index in [0.717, 1.165) is 16.7 Å². The third kappa shape index (κ3) is 2.29. The monoisotopic (exact) mass is 289 g/mol. The van der Waals surface area contributed by atoms with Gasteiger partial charge in [0.05, 0.1) is 6.04 Å². The van der Waals surface area contributed by atoms with Gasteiger partial charge in [0.1, 0.15) is 5.82 Å². The van der Waals surface area contributed by atoms with Gasteiger partial charge in [-0.25, -0.2) is 4.39 Å². The number of nitrogens with one attached hydrogen (secondary N) is 1. The van der Waals surface area contributed by atoms with E-state index in [1.165, 1.54) is 34.6 Å². The van der Waals surface area contributed by atoms with Crippen molar-refractivity contribution in [2.45, 2.75) is 39.2 Å². The molecule has 0 radical (unpaired) electrons. The molecule has 1 aromatic heterocycles. The molecule has 20 heavy (non-hydrogen) atoms. The van der Waals surface area contributed by atoms with E-state index in [1.54, 1.807) is 0 Å². The van der Waals surface area contributed by atoms with Crippen LogP contribution in [0.5, 0.6) is 0 Å². The molecule has 1 nitrogen and oxygen atoms in total. The van der Waals surface area contributed by atoms with Crippen molar-refractivity contribution < 1.29 is 4.39 Å². The van der Waals surface area contributed by atoms with E-state index in [0.29, 0.717) is 0 Å². The average molecular weight is 289 g/mol. The SMILES string of the molecule is CNC(c1cc(C)c(F)c(C)c1)c1cc2c(s1)CCC2. The second-order valence-corrected chi connectivity index (χ2v) is 6.81. The summed E-state index contributed by atoms with van der Waals surface area (Å²) in [4.78, 5) is 2.89. The summed E-state index contributed by atoms with van der Waals surface area (Å²) in [5.74, 6) is -0.0859. The highest BCUT2D eigenvalue weighted by Crippen LogP contribution is 2.36. The lowest BCUT2D eigenvalue weighted by molar-refractivity contribution is 0.605. The standard InChI is InChI=1S/C17H20FNS/c1-10-7-13(8-11(2)16(10)18)17(19-3)15-9-12-5-4-6-14(12)20-15/h7-9,17,19H,4-6H2,1-3H3. The third-order valence-electron chi connectivity index (χ3n) is 4.13. The number of aryl methyl sites for hydroxylation is 4. The molecule has 0 fully saturated rings. The lowest BCUT2D eigenvalue weighted by atomic mass is 9.99.